The molecule has 228 valence electrons. The van der Waals surface area contributed by atoms with Gasteiger partial charge in [-0.15, -0.1) is 0 Å². The van der Waals surface area contributed by atoms with Crippen molar-refractivity contribution in [2.45, 2.75) is 62.4 Å². The standard InChI is InChI=1S/C29H39N5O6S2/c1-20-7-12-23(19-26(20)35)42(39,40)34-16-5-6-25(34)27(36)32-24(28(37)38)18-21-8-10-22(11-9-21)31-29(41)30-13-17-33-14-3-2-4-15-33/h7-12,19,24-25,35H,2-6,13-18H2,1H3,(H,32,36)(H,37,38)(H2,30,31,41)/t24-,25-/m0/s1. The number of aromatic hydroxyl groups is 1. The average Bonchev–Trinajstić information content (AvgIpc) is 3.47. The number of nitrogens with one attached hydrogen (secondary N) is 3. The number of amides is 1. The highest BCUT2D eigenvalue weighted by Gasteiger charge is 2.40. The summed E-state index contributed by atoms with van der Waals surface area (Å²) in [5.41, 5.74) is 1.96. The first kappa shape index (κ1) is 31.7. The van der Waals surface area contributed by atoms with Gasteiger partial charge >= 0.3 is 5.97 Å². The number of carbonyl (C=O) groups excluding carboxylic acids is 1. The van der Waals surface area contributed by atoms with Gasteiger partial charge in [0, 0.05) is 37.8 Å². The third-order valence-electron chi connectivity index (χ3n) is 7.72. The first-order valence-electron chi connectivity index (χ1n) is 14.3. The number of carboxylic acids is 1. The van der Waals surface area contributed by atoms with Crippen molar-refractivity contribution in [1.29, 1.82) is 0 Å². The number of phenolic OH excluding ortho intramolecular Hbond substituents is 1. The Bertz CT molecular complexity index is 1380. The quantitative estimate of drug-likeness (QED) is 0.238. The predicted octanol–water partition coefficient (Wildman–Crippen LogP) is 2.44. The molecule has 0 saturated carbocycles. The van der Waals surface area contributed by atoms with Crippen LogP contribution < -0.4 is 16.0 Å². The molecule has 2 aromatic carbocycles. The summed E-state index contributed by atoms with van der Waals surface area (Å²) in [6.07, 6.45) is 4.51. The van der Waals surface area contributed by atoms with Gasteiger partial charge in [-0.25, -0.2) is 13.2 Å². The van der Waals surface area contributed by atoms with Crippen molar-refractivity contribution in [2.75, 3.05) is 38.0 Å². The fraction of sp³-hybridized carbons (Fsp3) is 0.483. The zero-order valence-corrected chi connectivity index (χ0v) is 25.3. The molecule has 2 aliphatic rings. The Kier molecular flexibility index (Phi) is 10.8. The number of carbonyl (C=O) groups is 2. The normalized spacial score (nSPS) is 18.7. The van der Waals surface area contributed by atoms with Crippen LogP contribution in [-0.4, -0.2) is 89.6 Å². The minimum Gasteiger partial charge on any atom is -0.508 e. The number of piperidine rings is 1. The molecule has 4 rings (SSSR count). The van der Waals surface area contributed by atoms with Crippen LogP contribution in [0.1, 0.15) is 43.2 Å². The largest absolute Gasteiger partial charge is 0.508 e. The van der Waals surface area contributed by atoms with E-state index < -0.39 is 34.0 Å². The molecule has 5 N–H and O–H groups in total. The zero-order valence-electron chi connectivity index (χ0n) is 23.7. The summed E-state index contributed by atoms with van der Waals surface area (Å²) < 4.78 is 27.6. The molecule has 2 fully saturated rings. The van der Waals surface area contributed by atoms with E-state index in [1.165, 1.54) is 31.4 Å². The summed E-state index contributed by atoms with van der Waals surface area (Å²) in [4.78, 5) is 27.5. The molecule has 2 heterocycles. The van der Waals surface area contributed by atoms with Crippen molar-refractivity contribution in [3.8, 4) is 5.75 Å². The van der Waals surface area contributed by atoms with Gasteiger partial charge in [0.15, 0.2) is 5.11 Å². The lowest BCUT2D eigenvalue weighted by Crippen LogP contribution is -2.51. The molecule has 42 heavy (non-hydrogen) atoms. The highest BCUT2D eigenvalue weighted by Crippen LogP contribution is 2.29. The lowest BCUT2D eigenvalue weighted by Gasteiger charge is -2.26. The molecule has 13 heteroatoms. The van der Waals surface area contributed by atoms with Crippen LogP contribution in [0, 0.1) is 6.92 Å². The number of hydrogen-bond acceptors (Lipinski definition) is 7. The van der Waals surface area contributed by atoms with Crippen LogP contribution in [0.15, 0.2) is 47.4 Å². The molecular weight excluding hydrogens is 578 g/mol. The third kappa shape index (κ3) is 8.18. The predicted molar refractivity (Wildman–Crippen MR) is 164 cm³/mol. The number of aliphatic carboxylic acids is 1. The van der Waals surface area contributed by atoms with Crippen LogP contribution in [-0.2, 0) is 26.0 Å². The lowest BCUT2D eigenvalue weighted by molar-refractivity contribution is -0.142. The van der Waals surface area contributed by atoms with E-state index in [4.69, 9.17) is 12.2 Å². The number of sulfonamides is 1. The SMILES string of the molecule is Cc1ccc(S(=O)(=O)N2CCC[C@H]2C(=O)N[C@@H](Cc2ccc(NC(=S)NCCN3CCCCC3)cc2)C(=O)O)cc1O. The number of aryl methyl sites for hydroxylation is 1. The van der Waals surface area contributed by atoms with Crippen molar-refractivity contribution in [2.24, 2.45) is 0 Å². The molecule has 1 amide bonds. The molecule has 2 aliphatic heterocycles. The molecular formula is C29H39N5O6S2. The van der Waals surface area contributed by atoms with Gasteiger partial charge < -0.3 is 31.1 Å². The van der Waals surface area contributed by atoms with Gasteiger partial charge in [0.25, 0.3) is 0 Å². The first-order valence-corrected chi connectivity index (χ1v) is 16.1. The second-order valence-electron chi connectivity index (χ2n) is 10.8. The Morgan fingerprint density at radius 3 is 2.43 bits per heavy atom. The third-order valence-corrected chi connectivity index (χ3v) is 9.87. The Hall–Kier alpha value is -3.26. The van der Waals surface area contributed by atoms with Crippen LogP contribution in [0.3, 0.4) is 0 Å². The summed E-state index contributed by atoms with van der Waals surface area (Å²) in [7, 11) is -4.07. The molecule has 0 bridgehead atoms. The minimum absolute atomic E-state index is 0.0190. The van der Waals surface area contributed by atoms with E-state index in [0.717, 1.165) is 42.2 Å². The molecule has 0 aliphatic carbocycles. The van der Waals surface area contributed by atoms with E-state index in [1.807, 2.05) is 0 Å². The minimum atomic E-state index is -4.07. The first-order chi connectivity index (χ1) is 20.0. The Morgan fingerprint density at radius 2 is 1.76 bits per heavy atom. The van der Waals surface area contributed by atoms with Crippen molar-refractivity contribution < 1.29 is 28.2 Å². The maximum atomic E-state index is 13.3. The highest BCUT2D eigenvalue weighted by molar-refractivity contribution is 7.89. The molecule has 2 atom stereocenters. The molecule has 2 aromatic rings. The molecule has 11 nitrogen and oxygen atoms in total. The molecule has 0 aromatic heterocycles. The molecule has 2 saturated heterocycles. The van der Waals surface area contributed by atoms with E-state index in [1.54, 1.807) is 31.2 Å². The number of anilines is 1. The highest BCUT2D eigenvalue weighted by atomic mass is 32.2. The van der Waals surface area contributed by atoms with Crippen molar-refractivity contribution in [3.05, 3.63) is 53.6 Å². The topological polar surface area (TPSA) is 151 Å². The molecule has 0 unspecified atom stereocenters. The number of phenols is 1. The zero-order chi connectivity index (χ0) is 30.3. The second kappa shape index (κ2) is 14.3. The maximum Gasteiger partial charge on any atom is 0.326 e. The fourth-order valence-electron chi connectivity index (χ4n) is 5.29. The summed E-state index contributed by atoms with van der Waals surface area (Å²) in [6, 6.07) is 8.85. The van der Waals surface area contributed by atoms with Crippen LogP contribution in [0.4, 0.5) is 5.69 Å². The van der Waals surface area contributed by atoms with Gasteiger partial charge in [-0.2, -0.15) is 4.31 Å². The monoisotopic (exact) mass is 617 g/mol. The van der Waals surface area contributed by atoms with Gasteiger partial charge in [0.1, 0.15) is 17.8 Å². The summed E-state index contributed by atoms with van der Waals surface area (Å²) in [6.45, 7) is 5.70. The van der Waals surface area contributed by atoms with E-state index in [2.05, 4.69) is 20.9 Å². The second-order valence-corrected chi connectivity index (χ2v) is 13.1. The van der Waals surface area contributed by atoms with Crippen molar-refractivity contribution in [3.63, 3.8) is 0 Å². The van der Waals surface area contributed by atoms with Gasteiger partial charge in [-0.1, -0.05) is 24.6 Å². The Labute approximate surface area is 252 Å². The lowest BCUT2D eigenvalue weighted by atomic mass is 10.0. The fourth-order valence-corrected chi connectivity index (χ4v) is 7.19. The smallest absolute Gasteiger partial charge is 0.326 e. The van der Waals surface area contributed by atoms with Gasteiger partial charge in [-0.05, 0) is 87.2 Å². The van der Waals surface area contributed by atoms with Crippen LogP contribution in [0.2, 0.25) is 0 Å². The van der Waals surface area contributed by atoms with E-state index in [0.29, 0.717) is 22.7 Å². The summed E-state index contributed by atoms with van der Waals surface area (Å²) in [5, 5.41) is 29.2. The number of likely N-dealkylation sites (tertiary alicyclic amines) is 1. The van der Waals surface area contributed by atoms with Crippen molar-refractivity contribution in [1.82, 2.24) is 19.8 Å². The summed E-state index contributed by atoms with van der Waals surface area (Å²) >= 11 is 5.39. The molecule has 0 spiro atoms. The number of thiocarbonyl (C=S) groups is 1. The van der Waals surface area contributed by atoms with Gasteiger partial charge in [0.05, 0.1) is 4.90 Å². The number of benzene rings is 2. The van der Waals surface area contributed by atoms with Crippen LogP contribution in [0.25, 0.3) is 0 Å². The number of hydrogen-bond donors (Lipinski definition) is 5. The van der Waals surface area contributed by atoms with E-state index in [-0.39, 0.29) is 30.0 Å². The van der Waals surface area contributed by atoms with Crippen LogP contribution >= 0.6 is 12.2 Å². The number of nitrogens with zero attached hydrogens (tertiary/aromatic N) is 2. The van der Waals surface area contributed by atoms with Crippen molar-refractivity contribution >= 4 is 44.9 Å². The van der Waals surface area contributed by atoms with E-state index >= 15 is 0 Å². The van der Waals surface area contributed by atoms with Crippen LogP contribution in [0.5, 0.6) is 5.75 Å². The number of carboxylic acid groups (broad SMARTS) is 1. The molecule has 0 radical (unpaired) electrons. The van der Waals surface area contributed by atoms with Gasteiger partial charge in [-0.3, -0.25) is 4.79 Å². The maximum absolute atomic E-state index is 13.3. The Morgan fingerprint density at radius 1 is 1.05 bits per heavy atom. The number of rotatable bonds is 11. The summed E-state index contributed by atoms with van der Waals surface area (Å²) in [5.74, 6) is -2.05. The van der Waals surface area contributed by atoms with Gasteiger partial charge in [0.2, 0.25) is 15.9 Å². The van der Waals surface area contributed by atoms with E-state index in [9.17, 15) is 28.2 Å². The average molecular weight is 618 g/mol. The Balaban J connectivity index is 1.32.